The molecule has 0 spiro atoms. The summed E-state index contributed by atoms with van der Waals surface area (Å²) >= 11 is 0. The largest absolute Gasteiger partial charge is 0.497 e. The molecule has 0 aliphatic carbocycles. The lowest BCUT2D eigenvalue weighted by atomic mass is 10.1. The smallest absolute Gasteiger partial charge is 0.321 e. The minimum Gasteiger partial charge on any atom is -0.497 e. The Morgan fingerprint density at radius 2 is 1.65 bits per heavy atom. The molecule has 1 aliphatic heterocycles. The van der Waals surface area contributed by atoms with Crippen LogP contribution in [-0.4, -0.2) is 61.3 Å². The van der Waals surface area contributed by atoms with Gasteiger partial charge in [0.15, 0.2) is 0 Å². The number of piperazine rings is 1. The molecule has 0 unspecified atom stereocenters. The van der Waals surface area contributed by atoms with E-state index in [1.807, 2.05) is 59.5 Å². The molecule has 0 saturated carbocycles. The van der Waals surface area contributed by atoms with Crippen molar-refractivity contribution in [1.82, 2.24) is 14.9 Å². The van der Waals surface area contributed by atoms with Crippen LogP contribution in [0.5, 0.6) is 11.5 Å². The van der Waals surface area contributed by atoms with Gasteiger partial charge >= 0.3 is 6.03 Å². The van der Waals surface area contributed by atoms with Gasteiger partial charge < -0.3 is 24.6 Å². The Bertz CT molecular complexity index is 1030. The maximum Gasteiger partial charge on any atom is 0.321 e. The van der Waals surface area contributed by atoms with Crippen LogP contribution in [0.4, 0.5) is 16.3 Å². The van der Waals surface area contributed by atoms with E-state index in [0.717, 1.165) is 34.3 Å². The quantitative estimate of drug-likeness (QED) is 0.682. The Morgan fingerprint density at radius 1 is 0.903 bits per heavy atom. The lowest BCUT2D eigenvalue weighted by Crippen LogP contribution is -2.50. The Labute approximate surface area is 181 Å². The van der Waals surface area contributed by atoms with Crippen molar-refractivity contribution >= 4 is 17.5 Å². The van der Waals surface area contributed by atoms with Crippen LogP contribution in [-0.2, 0) is 0 Å². The number of nitrogens with zero attached hydrogens (tertiary/aromatic N) is 4. The molecule has 1 saturated heterocycles. The number of hydrogen-bond acceptors (Lipinski definition) is 6. The van der Waals surface area contributed by atoms with Gasteiger partial charge in [-0.15, -0.1) is 0 Å². The van der Waals surface area contributed by atoms with Crippen molar-refractivity contribution in [3.05, 3.63) is 60.9 Å². The maximum absolute atomic E-state index is 12.6. The minimum atomic E-state index is -0.107. The predicted octanol–water partition coefficient (Wildman–Crippen LogP) is 3.51. The minimum absolute atomic E-state index is 0.107. The summed E-state index contributed by atoms with van der Waals surface area (Å²) in [7, 11) is 3.26. The first-order chi connectivity index (χ1) is 15.2. The second-order valence-electron chi connectivity index (χ2n) is 7.13. The van der Waals surface area contributed by atoms with Crippen molar-refractivity contribution < 1.29 is 14.3 Å². The van der Waals surface area contributed by atoms with Gasteiger partial charge in [0.2, 0.25) is 0 Å². The molecule has 8 heteroatoms. The van der Waals surface area contributed by atoms with E-state index in [0.29, 0.717) is 26.2 Å². The van der Waals surface area contributed by atoms with Crippen molar-refractivity contribution in [3.63, 3.8) is 0 Å². The summed E-state index contributed by atoms with van der Waals surface area (Å²) in [6.45, 7) is 2.62. The van der Waals surface area contributed by atoms with Crippen molar-refractivity contribution in [2.45, 2.75) is 0 Å². The number of amides is 2. The number of ether oxygens (including phenoxy) is 2. The number of carbonyl (C=O) groups excluding carboxylic acids is 1. The van der Waals surface area contributed by atoms with E-state index >= 15 is 0 Å². The van der Waals surface area contributed by atoms with Crippen LogP contribution in [0.1, 0.15) is 0 Å². The first-order valence-electron chi connectivity index (χ1n) is 10.1. The highest BCUT2D eigenvalue weighted by Crippen LogP contribution is 2.25. The highest BCUT2D eigenvalue weighted by Gasteiger charge is 2.22. The summed E-state index contributed by atoms with van der Waals surface area (Å²) in [6, 6.07) is 17.0. The zero-order chi connectivity index (χ0) is 21.6. The van der Waals surface area contributed by atoms with Gasteiger partial charge in [0.05, 0.1) is 19.9 Å². The van der Waals surface area contributed by atoms with Gasteiger partial charge in [-0.3, -0.25) is 0 Å². The zero-order valence-corrected chi connectivity index (χ0v) is 17.6. The van der Waals surface area contributed by atoms with Crippen LogP contribution < -0.4 is 19.7 Å². The lowest BCUT2D eigenvalue weighted by molar-refractivity contribution is 0.208. The molecule has 1 fully saturated rings. The van der Waals surface area contributed by atoms with Gasteiger partial charge in [-0.25, -0.2) is 14.8 Å². The first kappa shape index (κ1) is 20.5. The highest BCUT2D eigenvalue weighted by atomic mass is 16.5. The van der Waals surface area contributed by atoms with Gasteiger partial charge in [0, 0.05) is 43.5 Å². The number of urea groups is 1. The second kappa shape index (κ2) is 9.34. The lowest BCUT2D eigenvalue weighted by Gasteiger charge is -2.35. The van der Waals surface area contributed by atoms with Crippen LogP contribution in [0.3, 0.4) is 0 Å². The van der Waals surface area contributed by atoms with Crippen LogP contribution in [0.2, 0.25) is 0 Å². The van der Waals surface area contributed by atoms with E-state index in [2.05, 4.69) is 20.2 Å². The Kier molecular flexibility index (Phi) is 6.16. The van der Waals surface area contributed by atoms with Gasteiger partial charge in [0.1, 0.15) is 23.6 Å². The Balaban J connectivity index is 1.37. The number of aromatic nitrogens is 2. The summed E-state index contributed by atoms with van der Waals surface area (Å²) in [6.07, 6.45) is 1.58. The van der Waals surface area contributed by atoms with Gasteiger partial charge in [-0.2, -0.15) is 0 Å². The molecule has 3 aromatic rings. The van der Waals surface area contributed by atoms with Crippen molar-refractivity contribution in [1.29, 1.82) is 0 Å². The molecule has 2 heterocycles. The predicted molar refractivity (Wildman–Crippen MR) is 120 cm³/mol. The van der Waals surface area contributed by atoms with E-state index in [4.69, 9.17) is 9.47 Å². The molecule has 2 aromatic carbocycles. The molecule has 1 N–H and O–H groups in total. The molecule has 2 amide bonds. The molecule has 4 rings (SSSR count). The molecule has 8 nitrogen and oxygen atoms in total. The molecular formula is C23H25N5O3. The number of benzene rings is 2. The van der Waals surface area contributed by atoms with Crippen LogP contribution in [0, 0.1) is 0 Å². The number of carbonyl (C=O) groups is 1. The highest BCUT2D eigenvalue weighted by molar-refractivity contribution is 5.89. The fourth-order valence-corrected chi connectivity index (χ4v) is 3.48. The molecule has 0 bridgehead atoms. The summed E-state index contributed by atoms with van der Waals surface area (Å²) < 4.78 is 10.5. The van der Waals surface area contributed by atoms with Crippen molar-refractivity contribution in [2.24, 2.45) is 0 Å². The third-order valence-electron chi connectivity index (χ3n) is 5.25. The van der Waals surface area contributed by atoms with Crippen LogP contribution in [0.25, 0.3) is 11.3 Å². The number of hydrogen-bond donors (Lipinski definition) is 1. The van der Waals surface area contributed by atoms with Crippen molar-refractivity contribution in [3.8, 4) is 22.8 Å². The molecule has 1 aromatic heterocycles. The molecule has 31 heavy (non-hydrogen) atoms. The SMILES string of the molecule is COc1ccc(NC(=O)N2CCN(c3cc(-c4cccc(OC)c4)ncn3)CC2)cc1. The first-order valence-corrected chi connectivity index (χ1v) is 10.1. The van der Waals surface area contributed by atoms with E-state index in [-0.39, 0.29) is 6.03 Å². The number of anilines is 2. The summed E-state index contributed by atoms with van der Waals surface area (Å²) in [5, 5.41) is 2.93. The molecule has 0 atom stereocenters. The summed E-state index contributed by atoms with van der Waals surface area (Å²) in [4.78, 5) is 25.4. The molecular weight excluding hydrogens is 394 g/mol. The normalized spacial score (nSPS) is 13.6. The van der Waals surface area contributed by atoms with Crippen LogP contribution >= 0.6 is 0 Å². The van der Waals surface area contributed by atoms with Crippen LogP contribution in [0.15, 0.2) is 60.9 Å². The maximum atomic E-state index is 12.6. The summed E-state index contributed by atoms with van der Waals surface area (Å²) in [5.41, 5.74) is 2.55. The van der Waals surface area contributed by atoms with Gasteiger partial charge in [-0.1, -0.05) is 12.1 Å². The average Bonchev–Trinajstić information content (AvgIpc) is 2.84. The summed E-state index contributed by atoms with van der Waals surface area (Å²) in [5.74, 6) is 2.39. The third-order valence-corrected chi connectivity index (χ3v) is 5.25. The average molecular weight is 419 g/mol. The number of rotatable bonds is 5. The van der Waals surface area contributed by atoms with E-state index < -0.39 is 0 Å². The van der Waals surface area contributed by atoms with Gasteiger partial charge in [-0.05, 0) is 36.4 Å². The van der Waals surface area contributed by atoms with E-state index in [1.54, 1.807) is 20.5 Å². The fourth-order valence-electron chi connectivity index (χ4n) is 3.48. The Hall–Kier alpha value is -3.81. The molecule has 0 radical (unpaired) electrons. The standard InChI is InChI=1S/C23H25N5O3/c1-30-19-8-6-18(7-9-19)26-23(29)28-12-10-27(11-13-28)22-15-21(24-16-25-22)17-4-3-5-20(14-17)31-2/h3-9,14-16H,10-13H2,1-2H3,(H,26,29). The number of methoxy groups -OCH3 is 2. The third kappa shape index (κ3) is 4.85. The Morgan fingerprint density at radius 3 is 2.35 bits per heavy atom. The van der Waals surface area contributed by atoms with Crippen molar-refractivity contribution in [2.75, 3.05) is 50.6 Å². The van der Waals surface area contributed by atoms with E-state index in [1.165, 1.54) is 0 Å². The second-order valence-corrected chi connectivity index (χ2v) is 7.13. The topological polar surface area (TPSA) is 79.8 Å². The van der Waals surface area contributed by atoms with Gasteiger partial charge in [0.25, 0.3) is 0 Å². The molecule has 1 aliphatic rings. The fraction of sp³-hybridized carbons (Fsp3) is 0.261. The monoisotopic (exact) mass is 419 g/mol. The molecule has 160 valence electrons. The zero-order valence-electron chi connectivity index (χ0n) is 17.6. The number of nitrogens with one attached hydrogen (secondary N) is 1. The van der Waals surface area contributed by atoms with E-state index in [9.17, 15) is 4.79 Å².